The van der Waals surface area contributed by atoms with Gasteiger partial charge in [-0.15, -0.1) is 0 Å². The van der Waals surface area contributed by atoms with E-state index in [-0.39, 0.29) is 5.41 Å². The Morgan fingerprint density at radius 3 is 1.87 bits per heavy atom. The molecule has 0 saturated heterocycles. The predicted molar refractivity (Wildman–Crippen MR) is 92.5 cm³/mol. The second-order valence-corrected chi connectivity index (χ2v) is 6.44. The highest BCUT2D eigenvalue weighted by Crippen LogP contribution is 2.35. The normalized spacial score (nSPS) is 12.4. The number of hydrogen-bond donors (Lipinski definition) is 0. The zero-order valence-corrected chi connectivity index (χ0v) is 15.6. The van der Waals surface area contributed by atoms with E-state index in [4.69, 9.17) is 18.9 Å². The summed E-state index contributed by atoms with van der Waals surface area (Å²) >= 11 is 0. The first-order valence-corrected chi connectivity index (χ1v) is 8.20. The van der Waals surface area contributed by atoms with Crippen molar-refractivity contribution < 1.29 is 18.9 Å². The summed E-state index contributed by atoms with van der Waals surface area (Å²) in [6.45, 7) is 6.78. The van der Waals surface area contributed by atoms with E-state index in [2.05, 4.69) is 39.0 Å². The average molecular weight is 324 g/mol. The van der Waals surface area contributed by atoms with Crippen LogP contribution in [0.15, 0.2) is 18.2 Å². The maximum absolute atomic E-state index is 5.48. The molecule has 0 aromatic heterocycles. The Morgan fingerprint density at radius 2 is 1.39 bits per heavy atom. The van der Waals surface area contributed by atoms with E-state index in [1.807, 2.05) is 0 Å². The number of benzene rings is 1. The van der Waals surface area contributed by atoms with Gasteiger partial charge in [0, 0.05) is 39.6 Å². The number of methoxy groups -OCH3 is 4. The smallest absolute Gasteiger partial charge is 0.183 e. The van der Waals surface area contributed by atoms with Gasteiger partial charge in [0.15, 0.2) is 12.6 Å². The molecule has 132 valence electrons. The Labute approximate surface area is 141 Å². The van der Waals surface area contributed by atoms with E-state index in [1.54, 1.807) is 28.4 Å². The summed E-state index contributed by atoms with van der Waals surface area (Å²) in [6, 6.07) is 6.37. The fourth-order valence-electron chi connectivity index (χ4n) is 2.88. The van der Waals surface area contributed by atoms with Crippen molar-refractivity contribution in [3.05, 3.63) is 34.9 Å². The molecule has 1 aromatic carbocycles. The van der Waals surface area contributed by atoms with E-state index in [1.165, 1.54) is 18.4 Å². The van der Waals surface area contributed by atoms with Crippen molar-refractivity contribution in [1.29, 1.82) is 0 Å². The highest BCUT2D eigenvalue weighted by atomic mass is 16.7. The summed E-state index contributed by atoms with van der Waals surface area (Å²) in [7, 11) is 6.54. The highest BCUT2D eigenvalue weighted by molar-refractivity contribution is 5.37. The Hall–Kier alpha value is -0.940. The quantitative estimate of drug-likeness (QED) is 0.583. The van der Waals surface area contributed by atoms with Crippen LogP contribution in [0.5, 0.6) is 0 Å². The van der Waals surface area contributed by atoms with Crippen LogP contribution >= 0.6 is 0 Å². The molecule has 1 aromatic rings. The zero-order chi connectivity index (χ0) is 17.5. The van der Waals surface area contributed by atoms with Gasteiger partial charge < -0.3 is 18.9 Å². The Balaban J connectivity index is 3.31. The molecule has 0 radical (unpaired) electrons. The van der Waals surface area contributed by atoms with Crippen molar-refractivity contribution >= 4 is 0 Å². The van der Waals surface area contributed by atoms with Gasteiger partial charge >= 0.3 is 0 Å². The zero-order valence-electron chi connectivity index (χ0n) is 15.6. The molecular formula is C19H32O4. The topological polar surface area (TPSA) is 36.9 Å². The lowest BCUT2D eigenvalue weighted by Crippen LogP contribution is -2.20. The summed E-state index contributed by atoms with van der Waals surface area (Å²) in [6.07, 6.45) is 2.67. The molecule has 0 atom stereocenters. The number of ether oxygens (including phenoxy) is 4. The van der Waals surface area contributed by atoms with Gasteiger partial charge in [0.05, 0.1) is 0 Å². The molecule has 0 heterocycles. The summed E-state index contributed by atoms with van der Waals surface area (Å²) in [5.74, 6) is 0. The van der Waals surface area contributed by atoms with Crippen LogP contribution in [0.25, 0.3) is 0 Å². The lowest BCUT2D eigenvalue weighted by atomic mass is 9.79. The van der Waals surface area contributed by atoms with Gasteiger partial charge in [0.1, 0.15) is 0 Å². The predicted octanol–water partition coefficient (Wildman–Crippen LogP) is 4.74. The fourth-order valence-corrected chi connectivity index (χ4v) is 2.88. The molecule has 0 aliphatic carbocycles. The Kier molecular flexibility index (Phi) is 8.20. The SMILES string of the molecule is CCCCC(C)(C)c1ccc(C(OC)OC)c(C(OC)OC)c1. The van der Waals surface area contributed by atoms with Gasteiger partial charge in [-0.3, -0.25) is 0 Å². The maximum atomic E-state index is 5.48. The summed E-state index contributed by atoms with van der Waals surface area (Å²) in [5, 5.41) is 0. The molecule has 0 unspecified atom stereocenters. The number of hydrogen-bond acceptors (Lipinski definition) is 4. The molecule has 23 heavy (non-hydrogen) atoms. The van der Waals surface area contributed by atoms with E-state index >= 15 is 0 Å². The second kappa shape index (κ2) is 9.38. The maximum Gasteiger partial charge on any atom is 0.183 e. The second-order valence-electron chi connectivity index (χ2n) is 6.44. The van der Waals surface area contributed by atoms with E-state index in [0.29, 0.717) is 0 Å². The van der Waals surface area contributed by atoms with Crippen LogP contribution in [0.1, 0.15) is 69.3 Å². The van der Waals surface area contributed by atoms with Gasteiger partial charge in [0.25, 0.3) is 0 Å². The first-order valence-electron chi connectivity index (χ1n) is 8.20. The molecule has 0 N–H and O–H groups in total. The van der Waals surface area contributed by atoms with Gasteiger partial charge in [-0.05, 0) is 23.5 Å². The minimum absolute atomic E-state index is 0.102. The lowest BCUT2D eigenvalue weighted by molar-refractivity contribution is -0.123. The third-order valence-electron chi connectivity index (χ3n) is 4.39. The molecule has 0 bridgehead atoms. The van der Waals surface area contributed by atoms with Crippen molar-refractivity contribution in [2.24, 2.45) is 0 Å². The van der Waals surface area contributed by atoms with Crippen molar-refractivity contribution in [3.8, 4) is 0 Å². The molecule has 0 amide bonds. The third-order valence-corrected chi connectivity index (χ3v) is 4.39. The molecule has 0 saturated carbocycles. The monoisotopic (exact) mass is 324 g/mol. The van der Waals surface area contributed by atoms with E-state index < -0.39 is 12.6 Å². The van der Waals surface area contributed by atoms with E-state index in [0.717, 1.165) is 17.5 Å². The first kappa shape index (κ1) is 20.1. The highest BCUT2D eigenvalue weighted by Gasteiger charge is 2.26. The van der Waals surface area contributed by atoms with Crippen LogP contribution in [0.3, 0.4) is 0 Å². The minimum atomic E-state index is -0.445. The lowest BCUT2D eigenvalue weighted by Gasteiger charge is -2.29. The van der Waals surface area contributed by atoms with Crippen LogP contribution in [-0.2, 0) is 24.4 Å². The largest absolute Gasteiger partial charge is 0.352 e. The van der Waals surface area contributed by atoms with Crippen LogP contribution in [-0.4, -0.2) is 28.4 Å². The van der Waals surface area contributed by atoms with Crippen LogP contribution in [0.2, 0.25) is 0 Å². The van der Waals surface area contributed by atoms with Gasteiger partial charge in [-0.2, -0.15) is 0 Å². The van der Waals surface area contributed by atoms with Gasteiger partial charge in [-0.1, -0.05) is 45.7 Å². The molecule has 0 spiro atoms. The third kappa shape index (κ3) is 5.01. The summed E-state index contributed by atoms with van der Waals surface area (Å²) in [5.41, 5.74) is 3.25. The van der Waals surface area contributed by atoms with Crippen LogP contribution < -0.4 is 0 Å². The van der Waals surface area contributed by atoms with Crippen LogP contribution in [0, 0.1) is 0 Å². The molecule has 0 aliphatic rings. The number of unbranched alkanes of at least 4 members (excludes halogenated alkanes) is 1. The minimum Gasteiger partial charge on any atom is -0.352 e. The molecule has 4 heteroatoms. The average Bonchev–Trinajstić information content (AvgIpc) is 2.56. The fraction of sp³-hybridized carbons (Fsp3) is 0.684. The van der Waals surface area contributed by atoms with Crippen molar-refractivity contribution in [2.45, 2.75) is 58.0 Å². The molecule has 0 aliphatic heterocycles. The van der Waals surface area contributed by atoms with Crippen molar-refractivity contribution in [2.75, 3.05) is 28.4 Å². The first-order chi connectivity index (χ1) is 10.9. The summed E-state index contributed by atoms with van der Waals surface area (Å²) in [4.78, 5) is 0. The van der Waals surface area contributed by atoms with Crippen LogP contribution in [0.4, 0.5) is 0 Å². The molecular weight excluding hydrogens is 292 g/mol. The Bertz CT molecular complexity index is 462. The molecule has 0 fully saturated rings. The van der Waals surface area contributed by atoms with Crippen molar-refractivity contribution in [1.82, 2.24) is 0 Å². The Morgan fingerprint density at radius 1 is 0.870 bits per heavy atom. The number of rotatable bonds is 10. The van der Waals surface area contributed by atoms with E-state index in [9.17, 15) is 0 Å². The standard InChI is InChI=1S/C19H32O4/c1-8-9-12-19(2,3)14-10-11-15(17(20-4)21-5)16(13-14)18(22-6)23-7/h10-11,13,17-18H,8-9,12H2,1-7H3. The van der Waals surface area contributed by atoms with Gasteiger partial charge in [0.2, 0.25) is 0 Å². The summed E-state index contributed by atoms with van der Waals surface area (Å²) < 4.78 is 21.8. The van der Waals surface area contributed by atoms with Crippen molar-refractivity contribution in [3.63, 3.8) is 0 Å². The molecule has 1 rings (SSSR count). The van der Waals surface area contributed by atoms with Gasteiger partial charge in [-0.25, -0.2) is 0 Å². The molecule has 4 nitrogen and oxygen atoms in total.